The number of halogens is 2. The van der Waals surface area contributed by atoms with Crippen LogP contribution in [0, 0.1) is 6.92 Å². The SMILES string of the molecule is Cc1ccc(-c2nc3ccc(Br)cc3[nH]2)cc1Br. The van der Waals surface area contributed by atoms with E-state index >= 15 is 0 Å². The first-order valence-corrected chi connectivity index (χ1v) is 7.14. The van der Waals surface area contributed by atoms with Crippen LogP contribution in [0.3, 0.4) is 0 Å². The number of hydrogen-bond acceptors (Lipinski definition) is 1. The van der Waals surface area contributed by atoms with Gasteiger partial charge in [-0.3, -0.25) is 0 Å². The third-order valence-electron chi connectivity index (χ3n) is 2.89. The first kappa shape index (κ1) is 11.9. The van der Waals surface area contributed by atoms with Crippen LogP contribution in [0.15, 0.2) is 45.3 Å². The smallest absolute Gasteiger partial charge is 0.138 e. The molecule has 0 fully saturated rings. The molecule has 1 heterocycles. The predicted octanol–water partition coefficient (Wildman–Crippen LogP) is 5.06. The molecule has 0 bridgehead atoms. The van der Waals surface area contributed by atoms with Gasteiger partial charge in [-0.1, -0.05) is 44.0 Å². The van der Waals surface area contributed by atoms with Gasteiger partial charge < -0.3 is 4.98 Å². The van der Waals surface area contributed by atoms with Crippen molar-refractivity contribution in [2.45, 2.75) is 6.92 Å². The average molecular weight is 366 g/mol. The highest BCUT2D eigenvalue weighted by atomic mass is 79.9. The summed E-state index contributed by atoms with van der Waals surface area (Å²) >= 11 is 7.01. The summed E-state index contributed by atoms with van der Waals surface area (Å²) < 4.78 is 2.15. The number of aromatic nitrogens is 2. The largest absolute Gasteiger partial charge is 0.338 e. The Kier molecular flexibility index (Phi) is 2.99. The summed E-state index contributed by atoms with van der Waals surface area (Å²) in [6.07, 6.45) is 0. The Bertz CT molecular complexity index is 732. The number of rotatable bonds is 1. The zero-order chi connectivity index (χ0) is 12.7. The highest BCUT2D eigenvalue weighted by molar-refractivity contribution is 9.10. The molecule has 1 aromatic heterocycles. The zero-order valence-electron chi connectivity index (χ0n) is 9.67. The Morgan fingerprint density at radius 2 is 1.89 bits per heavy atom. The molecule has 3 rings (SSSR count). The van der Waals surface area contributed by atoms with Gasteiger partial charge >= 0.3 is 0 Å². The Labute approximate surface area is 122 Å². The van der Waals surface area contributed by atoms with Crippen molar-refractivity contribution in [3.8, 4) is 11.4 Å². The molecule has 0 amide bonds. The molecule has 0 atom stereocenters. The lowest BCUT2D eigenvalue weighted by Gasteiger charge is -2.00. The third-order valence-corrected chi connectivity index (χ3v) is 4.24. The molecule has 0 aliphatic rings. The molecular weight excluding hydrogens is 356 g/mol. The minimum Gasteiger partial charge on any atom is -0.338 e. The fraction of sp³-hybridized carbons (Fsp3) is 0.0714. The van der Waals surface area contributed by atoms with Crippen molar-refractivity contribution in [3.63, 3.8) is 0 Å². The van der Waals surface area contributed by atoms with Crippen LogP contribution in [0.4, 0.5) is 0 Å². The van der Waals surface area contributed by atoms with Crippen LogP contribution >= 0.6 is 31.9 Å². The van der Waals surface area contributed by atoms with E-state index in [-0.39, 0.29) is 0 Å². The molecule has 1 N–H and O–H groups in total. The Hall–Kier alpha value is -1.13. The minimum absolute atomic E-state index is 0.892. The first-order chi connectivity index (χ1) is 8.63. The van der Waals surface area contributed by atoms with Crippen molar-refractivity contribution in [1.82, 2.24) is 9.97 Å². The molecule has 18 heavy (non-hydrogen) atoms. The summed E-state index contributed by atoms with van der Waals surface area (Å²) in [5.74, 6) is 0.892. The van der Waals surface area contributed by atoms with Gasteiger partial charge in [-0.2, -0.15) is 0 Å². The number of imidazole rings is 1. The third kappa shape index (κ3) is 2.10. The lowest BCUT2D eigenvalue weighted by molar-refractivity contribution is 1.32. The van der Waals surface area contributed by atoms with Crippen LogP contribution in [0.1, 0.15) is 5.56 Å². The van der Waals surface area contributed by atoms with Crippen LogP contribution in [0.5, 0.6) is 0 Å². The maximum Gasteiger partial charge on any atom is 0.138 e. The van der Waals surface area contributed by atoms with Crippen LogP contribution in [-0.2, 0) is 0 Å². The van der Waals surface area contributed by atoms with Gasteiger partial charge in [0.2, 0.25) is 0 Å². The predicted molar refractivity (Wildman–Crippen MR) is 81.7 cm³/mol. The van der Waals surface area contributed by atoms with Gasteiger partial charge in [-0.05, 0) is 36.8 Å². The van der Waals surface area contributed by atoms with Crippen molar-refractivity contribution < 1.29 is 0 Å². The molecule has 0 saturated heterocycles. The van der Waals surface area contributed by atoms with Gasteiger partial charge in [0.25, 0.3) is 0 Å². The van der Waals surface area contributed by atoms with Crippen molar-refractivity contribution in [2.24, 2.45) is 0 Å². The van der Waals surface area contributed by atoms with E-state index < -0.39 is 0 Å². The standard InChI is InChI=1S/C14H10Br2N2/c1-8-2-3-9(6-11(8)16)14-17-12-5-4-10(15)7-13(12)18-14/h2-7H,1H3,(H,17,18). The van der Waals surface area contributed by atoms with E-state index in [0.717, 1.165) is 31.4 Å². The number of aryl methyl sites for hydroxylation is 1. The summed E-state index contributed by atoms with van der Waals surface area (Å²) in [6.45, 7) is 2.07. The summed E-state index contributed by atoms with van der Waals surface area (Å²) in [5, 5.41) is 0. The number of nitrogens with one attached hydrogen (secondary N) is 1. The number of aromatic amines is 1. The monoisotopic (exact) mass is 364 g/mol. The van der Waals surface area contributed by atoms with Crippen molar-refractivity contribution >= 4 is 42.9 Å². The molecule has 2 aromatic carbocycles. The lowest BCUT2D eigenvalue weighted by atomic mass is 10.1. The minimum atomic E-state index is 0.892. The molecule has 0 unspecified atom stereocenters. The molecule has 0 radical (unpaired) electrons. The normalized spacial score (nSPS) is 11.1. The van der Waals surface area contributed by atoms with Crippen LogP contribution in [0.25, 0.3) is 22.4 Å². The topological polar surface area (TPSA) is 28.7 Å². The van der Waals surface area contributed by atoms with Crippen molar-refractivity contribution in [2.75, 3.05) is 0 Å². The van der Waals surface area contributed by atoms with Gasteiger partial charge in [-0.25, -0.2) is 4.98 Å². The maximum atomic E-state index is 4.60. The second-order valence-electron chi connectivity index (χ2n) is 4.21. The fourth-order valence-corrected chi connectivity index (χ4v) is 2.60. The number of nitrogens with zero attached hydrogens (tertiary/aromatic N) is 1. The van der Waals surface area contributed by atoms with Crippen molar-refractivity contribution in [3.05, 3.63) is 50.9 Å². The summed E-state index contributed by atoms with van der Waals surface area (Å²) in [7, 11) is 0. The molecular formula is C14H10Br2N2. The van der Waals surface area contributed by atoms with Crippen molar-refractivity contribution in [1.29, 1.82) is 0 Å². The lowest BCUT2D eigenvalue weighted by Crippen LogP contribution is -1.82. The number of H-pyrrole nitrogens is 1. The van der Waals surface area contributed by atoms with Gasteiger partial charge in [0.1, 0.15) is 5.82 Å². The van der Waals surface area contributed by atoms with E-state index in [1.165, 1.54) is 5.56 Å². The quantitative estimate of drug-likeness (QED) is 0.641. The maximum absolute atomic E-state index is 4.60. The van der Waals surface area contributed by atoms with Gasteiger partial charge in [-0.15, -0.1) is 0 Å². The molecule has 2 nitrogen and oxygen atoms in total. The zero-order valence-corrected chi connectivity index (χ0v) is 12.8. The highest BCUT2D eigenvalue weighted by Crippen LogP contribution is 2.26. The molecule has 0 spiro atoms. The summed E-state index contributed by atoms with van der Waals surface area (Å²) in [5.41, 5.74) is 4.32. The molecule has 4 heteroatoms. The van der Waals surface area contributed by atoms with E-state index in [2.05, 4.69) is 67.0 Å². The molecule has 0 aliphatic carbocycles. The van der Waals surface area contributed by atoms with Gasteiger partial charge in [0, 0.05) is 14.5 Å². The van der Waals surface area contributed by atoms with E-state index in [9.17, 15) is 0 Å². The average Bonchev–Trinajstić information content (AvgIpc) is 2.75. The van der Waals surface area contributed by atoms with Crippen LogP contribution in [-0.4, -0.2) is 9.97 Å². The highest BCUT2D eigenvalue weighted by Gasteiger charge is 2.06. The number of benzene rings is 2. The van der Waals surface area contributed by atoms with Crippen LogP contribution < -0.4 is 0 Å². The summed E-state index contributed by atoms with van der Waals surface area (Å²) in [6, 6.07) is 12.3. The van der Waals surface area contributed by atoms with E-state index in [1.807, 2.05) is 18.2 Å². The molecule has 0 saturated carbocycles. The van der Waals surface area contributed by atoms with E-state index in [1.54, 1.807) is 0 Å². The Morgan fingerprint density at radius 3 is 2.67 bits per heavy atom. The van der Waals surface area contributed by atoms with Gasteiger partial charge in [0.15, 0.2) is 0 Å². The summed E-state index contributed by atoms with van der Waals surface area (Å²) in [4.78, 5) is 7.94. The second-order valence-corrected chi connectivity index (χ2v) is 5.98. The molecule has 3 aromatic rings. The fourth-order valence-electron chi connectivity index (χ4n) is 1.86. The number of hydrogen-bond donors (Lipinski definition) is 1. The van der Waals surface area contributed by atoms with Gasteiger partial charge in [0.05, 0.1) is 11.0 Å². The second kappa shape index (κ2) is 4.52. The number of fused-ring (bicyclic) bond motifs is 1. The Balaban J connectivity index is 2.16. The van der Waals surface area contributed by atoms with E-state index in [0.29, 0.717) is 0 Å². The Morgan fingerprint density at radius 1 is 1.06 bits per heavy atom. The van der Waals surface area contributed by atoms with Crippen LogP contribution in [0.2, 0.25) is 0 Å². The molecule has 0 aliphatic heterocycles. The first-order valence-electron chi connectivity index (χ1n) is 5.55. The molecule has 90 valence electrons. The van der Waals surface area contributed by atoms with E-state index in [4.69, 9.17) is 0 Å².